The van der Waals surface area contributed by atoms with Crippen molar-refractivity contribution in [3.8, 4) is 11.8 Å². The summed E-state index contributed by atoms with van der Waals surface area (Å²) in [5, 5.41) is 13.5. The van der Waals surface area contributed by atoms with Gasteiger partial charge in [-0.1, -0.05) is 18.1 Å². The van der Waals surface area contributed by atoms with Crippen molar-refractivity contribution in [3.63, 3.8) is 0 Å². The SMILES string of the molecule is O=C(CSc1ccc([N+](=O)[O-])cc1)Nc1cccc(C#Cc2ccccn2)c1. The first-order chi connectivity index (χ1) is 13.6. The number of amides is 1. The predicted octanol–water partition coefficient (Wildman–Crippen LogP) is 4.12. The summed E-state index contributed by atoms with van der Waals surface area (Å²) >= 11 is 1.31. The molecule has 28 heavy (non-hydrogen) atoms. The number of nitrogens with one attached hydrogen (secondary N) is 1. The Balaban J connectivity index is 1.57. The van der Waals surface area contributed by atoms with E-state index in [0.717, 1.165) is 10.5 Å². The molecule has 0 unspecified atom stereocenters. The fourth-order valence-corrected chi connectivity index (χ4v) is 2.96. The van der Waals surface area contributed by atoms with E-state index in [1.165, 1.54) is 23.9 Å². The van der Waals surface area contributed by atoms with E-state index in [4.69, 9.17) is 0 Å². The van der Waals surface area contributed by atoms with Gasteiger partial charge in [0.1, 0.15) is 5.69 Å². The molecule has 0 atom stereocenters. The molecule has 0 radical (unpaired) electrons. The molecule has 6 nitrogen and oxygen atoms in total. The Kier molecular flexibility index (Phi) is 6.39. The number of rotatable bonds is 5. The third-order valence-corrected chi connectivity index (χ3v) is 4.58. The number of hydrogen-bond acceptors (Lipinski definition) is 5. The van der Waals surface area contributed by atoms with Crippen LogP contribution >= 0.6 is 11.8 Å². The Bertz CT molecular complexity index is 1040. The van der Waals surface area contributed by atoms with Gasteiger partial charge in [0.15, 0.2) is 0 Å². The van der Waals surface area contributed by atoms with Crippen molar-refractivity contribution >= 4 is 29.0 Å². The molecule has 0 aliphatic rings. The number of anilines is 1. The lowest BCUT2D eigenvalue weighted by molar-refractivity contribution is -0.384. The zero-order chi connectivity index (χ0) is 19.8. The zero-order valence-electron chi connectivity index (χ0n) is 14.7. The monoisotopic (exact) mass is 389 g/mol. The van der Waals surface area contributed by atoms with Gasteiger partial charge in [-0.15, -0.1) is 11.8 Å². The highest BCUT2D eigenvalue weighted by molar-refractivity contribution is 8.00. The molecule has 0 aliphatic carbocycles. The Morgan fingerprint density at radius 2 is 1.89 bits per heavy atom. The summed E-state index contributed by atoms with van der Waals surface area (Å²) < 4.78 is 0. The molecule has 0 spiro atoms. The molecule has 138 valence electrons. The third kappa shape index (κ3) is 5.69. The van der Waals surface area contributed by atoms with E-state index in [1.54, 1.807) is 30.5 Å². The zero-order valence-corrected chi connectivity index (χ0v) is 15.5. The molecule has 2 aromatic carbocycles. The van der Waals surface area contributed by atoms with Crippen LogP contribution in [0.25, 0.3) is 0 Å². The maximum Gasteiger partial charge on any atom is 0.269 e. The molecule has 1 N–H and O–H groups in total. The van der Waals surface area contributed by atoms with E-state index >= 15 is 0 Å². The molecular formula is C21H15N3O3S. The van der Waals surface area contributed by atoms with E-state index in [9.17, 15) is 14.9 Å². The minimum Gasteiger partial charge on any atom is -0.325 e. The number of carbonyl (C=O) groups excluding carboxylic acids is 1. The van der Waals surface area contributed by atoms with Gasteiger partial charge in [0.2, 0.25) is 5.91 Å². The van der Waals surface area contributed by atoms with Gasteiger partial charge >= 0.3 is 0 Å². The lowest BCUT2D eigenvalue weighted by atomic mass is 10.2. The molecule has 3 rings (SSSR count). The summed E-state index contributed by atoms with van der Waals surface area (Å²) in [7, 11) is 0. The van der Waals surface area contributed by atoms with Crippen LogP contribution in [0.15, 0.2) is 77.8 Å². The second-order valence-electron chi connectivity index (χ2n) is 5.63. The van der Waals surface area contributed by atoms with Crippen molar-refractivity contribution < 1.29 is 9.72 Å². The minimum absolute atomic E-state index is 0.0254. The number of non-ortho nitro benzene ring substituents is 1. The minimum atomic E-state index is -0.453. The number of nitrogens with zero attached hydrogens (tertiary/aromatic N) is 2. The molecule has 0 aliphatic heterocycles. The lowest BCUT2D eigenvalue weighted by Gasteiger charge is -2.05. The Hall–Kier alpha value is -3.63. The number of benzene rings is 2. The number of thioether (sulfide) groups is 1. The third-order valence-electron chi connectivity index (χ3n) is 3.56. The second kappa shape index (κ2) is 9.35. The number of carbonyl (C=O) groups is 1. The Labute approximate surface area is 166 Å². The van der Waals surface area contributed by atoms with Crippen molar-refractivity contribution in [3.05, 3.63) is 94.3 Å². The van der Waals surface area contributed by atoms with Crippen LogP contribution in [0.2, 0.25) is 0 Å². The van der Waals surface area contributed by atoms with E-state index in [0.29, 0.717) is 11.4 Å². The van der Waals surface area contributed by atoms with Crippen LogP contribution in [0.5, 0.6) is 0 Å². The second-order valence-corrected chi connectivity index (χ2v) is 6.68. The molecule has 1 aromatic heterocycles. The fraction of sp³-hybridized carbons (Fsp3) is 0.0476. The van der Waals surface area contributed by atoms with Gasteiger partial charge in [-0.3, -0.25) is 14.9 Å². The van der Waals surface area contributed by atoms with Crippen LogP contribution in [0.4, 0.5) is 11.4 Å². The summed E-state index contributed by atoms with van der Waals surface area (Å²) in [6, 6.07) is 18.9. The highest BCUT2D eigenvalue weighted by Crippen LogP contribution is 2.21. The topological polar surface area (TPSA) is 85.1 Å². The van der Waals surface area contributed by atoms with E-state index in [1.807, 2.05) is 30.3 Å². The number of nitro groups is 1. The molecule has 7 heteroatoms. The van der Waals surface area contributed by atoms with Crippen LogP contribution in [-0.4, -0.2) is 21.6 Å². The average molecular weight is 389 g/mol. The Morgan fingerprint density at radius 3 is 2.61 bits per heavy atom. The quantitative estimate of drug-likeness (QED) is 0.307. The number of nitro benzene ring substituents is 1. The molecule has 3 aromatic rings. The number of hydrogen-bond donors (Lipinski definition) is 1. The summed E-state index contributed by atoms with van der Waals surface area (Å²) in [6.45, 7) is 0. The summed E-state index contributed by atoms with van der Waals surface area (Å²) in [4.78, 5) is 27.3. The van der Waals surface area contributed by atoms with Crippen LogP contribution in [0.1, 0.15) is 11.3 Å². The first-order valence-electron chi connectivity index (χ1n) is 8.30. The van der Waals surface area contributed by atoms with Crippen molar-refractivity contribution in [2.75, 3.05) is 11.1 Å². The molecule has 0 fully saturated rings. The normalized spacial score (nSPS) is 9.86. The predicted molar refractivity (Wildman–Crippen MR) is 109 cm³/mol. The van der Waals surface area contributed by atoms with Crippen molar-refractivity contribution in [1.82, 2.24) is 4.98 Å². The maximum atomic E-state index is 12.2. The highest BCUT2D eigenvalue weighted by Gasteiger charge is 2.07. The van der Waals surface area contributed by atoms with Crippen LogP contribution < -0.4 is 5.32 Å². The molecule has 1 heterocycles. The molecule has 1 amide bonds. The first-order valence-corrected chi connectivity index (χ1v) is 9.29. The van der Waals surface area contributed by atoms with Crippen LogP contribution in [0, 0.1) is 22.0 Å². The van der Waals surface area contributed by atoms with Gasteiger partial charge in [-0.2, -0.15) is 0 Å². The van der Waals surface area contributed by atoms with Gasteiger partial charge < -0.3 is 5.32 Å². The van der Waals surface area contributed by atoms with Crippen LogP contribution in [-0.2, 0) is 4.79 Å². The van der Waals surface area contributed by atoms with Gasteiger partial charge in [0.25, 0.3) is 5.69 Å². The lowest BCUT2D eigenvalue weighted by Crippen LogP contribution is -2.13. The molecule has 0 saturated heterocycles. The standard InChI is InChI=1S/C21H15N3O3S/c25-21(15-28-20-11-9-19(10-12-20)24(26)27)23-18-6-3-4-16(14-18)7-8-17-5-1-2-13-22-17/h1-6,9-14H,15H2,(H,23,25). The largest absolute Gasteiger partial charge is 0.325 e. The summed E-state index contributed by atoms with van der Waals surface area (Å²) in [6.07, 6.45) is 1.68. The molecular weight excluding hydrogens is 374 g/mol. The van der Waals surface area contributed by atoms with E-state index in [-0.39, 0.29) is 17.3 Å². The Morgan fingerprint density at radius 1 is 1.07 bits per heavy atom. The average Bonchev–Trinajstić information content (AvgIpc) is 2.72. The van der Waals surface area contributed by atoms with Gasteiger partial charge in [-0.05, 0) is 48.4 Å². The maximum absolute atomic E-state index is 12.2. The van der Waals surface area contributed by atoms with E-state index in [2.05, 4.69) is 22.1 Å². The van der Waals surface area contributed by atoms with Crippen LogP contribution in [0.3, 0.4) is 0 Å². The first kappa shape index (κ1) is 19.1. The van der Waals surface area contributed by atoms with Crippen molar-refractivity contribution in [1.29, 1.82) is 0 Å². The van der Waals surface area contributed by atoms with Crippen molar-refractivity contribution in [2.45, 2.75) is 4.90 Å². The summed E-state index contributed by atoms with van der Waals surface area (Å²) in [5.74, 6) is 6.03. The number of pyridine rings is 1. The molecule has 0 saturated carbocycles. The fourth-order valence-electron chi connectivity index (χ4n) is 2.26. The smallest absolute Gasteiger partial charge is 0.269 e. The van der Waals surface area contributed by atoms with Gasteiger partial charge in [0.05, 0.1) is 10.7 Å². The van der Waals surface area contributed by atoms with E-state index < -0.39 is 4.92 Å². The molecule has 0 bridgehead atoms. The summed E-state index contributed by atoms with van der Waals surface area (Å²) in [5.41, 5.74) is 2.13. The van der Waals surface area contributed by atoms with Crippen molar-refractivity contribution in [2.24, 2.45) is 0 Å². The highest BCUT2D eigenvalue weighted by atomic mass is 32.2. The van der Waals surface area contributed by atoms with Gasteiger partial charge in [0, 0.05) is 34.5 Å². The number of aromatic nitrogens is 1. The van der Waals surface area contributed by atoms with Gasteiger partial charge in [-0.25, -0.2) is 4.98 Å².